The van der Waals surface area contributed by atoms with E-state index in [4.69, 9.17) is 0 Å². The van der Waals surface area contributed by atoms with Crippen LogP contribution in [-0.2, 0) is 12.8 Å². The highest BCUT2D eigenvalue weighted by molar-refractivity contribution is 7.16. The van der Waals surface area contributed by atoms with E-state index in [2.05, 4.69) is 32.2 Å². The molecule has 6 heteroatoms. The van der Waals surface area contributed by atoms with Crippen molar-refractivity contribution in [1.29, 1.82) is 5.26 Å². The number of nitriles is 1. The number of hydrogen-bond donors (Lipinski definition) is 1. The van der Waals surface area contributed by atoms with Crippen LogP contribution in [-0.4, -0.2) is 5.91 Å². The third-order valence-electron chi connectivity index (χ3n) is 5.02. The van der Waals surface area contributed by atoms with E-state index in [1.807, 2.05) is 0 Å². The van der Waals surface area contributed by atoms with Gasteiger partial charge in [0.15, 0.2) is 0 Å². The molecule has 1 heterocycles. The van der Waals surface area contributed by atoms with Crippen LogP contribution in [0.15, 0.2) is 18.2 Å². The number of fused-ring (bicyclic) bond motifs is 1. The highest BCUT2D eigenvalue weighted by Crippen LogP contribution is 2.44. The van der Waals surface area contributed by atoms with E-state index in [9.17, 15) is 18.8 Å². The number of amides is 1. The first kappa shape index (κ1) is 18.5. The highest BCUT2D eigenvalue weighted by Gasteiger charge is 2.32. The number of hydrogen-bond acceptors (Lipinski definition) is 3. The molecule has 26 heavy (non-hydrogen) atoms. The molecule has 0 spiro atoms. The second-order valence-electron chi connectivity index (χ2n) is 7.68. The molecule has 2 aromatic rings. The fourth-order valence-electron chi connectivity index (χ4n) is 3.41. The van der Waals surface area contributed by atoms with Gasteiger partial charge >= 0.3 is 0 Å². The Hall–Kier alpha value is -2.26. The Bertz CT molecular complexity index is 886. The van der Waals surface area contributed by atoms with Gasteiger partial charge in [-0.2, -0.15) is 5.26 Å². The molecule has 1 aromatic carbocycles. The summed E-state index contributed by atoms with van der Waals surface area (Å²) < 4.78 is 27.7. The fraction of sp³-hybridized carbons (Fsp3) is 0.400. The van der Waals surface area contributed by atoms with Crippen molar-refractivity contribution in [3.05, 3.63) is 51.4 Å². The number of carbonyl (C=O) groups excluding carboxylic acids is 1. The smallest absolute Gasteiger partial charge is 0.262 e. The quantitative estimate of drug-likeness (QED) is 0.775. The van der Waals surface area contributed by atoms with E-state index in [1.54, 1.807) is 0 Å². The van der Waals surface area contributed by atoms with Crippen LogP contribution in [0.1, 0.15) is 53.6 Å². The Kier molecular flexibility index (Phi) is 4.85. The van der Waals surface area contributed by atoms with E-state index in [0.717, 1.165) is 41.8 Å². The third-order valence-corrected chi connectivity index (χ3v) is 6.19. The molecule has 0 saturated heterocycles. The molecule has 3 nitrogen and oxygen atoms in total. The Labute approximate surface area is 155 Å². The van der Waals surface area contributed by atoms with Crippen LogP contribution in [0.2, 0.25) is 0 Å². The Morgan fingerprint density at radius 1 is 1.31 bits per heavy atom. The number of thiophene rings is 1. The van der Waals surface area contributed by atoms with Gasteiger partial charge in [-0.1, -0.05) is 26.8 Å². The largest absolute Gasteiger partial charge is 0.312 e. The standard InChI is InChI=1S/C20H20F2N2OS/c1-20(2,3)11-7-8-12-13(10-23)19(26-16(12)9-11)24-18(25)17-14(21)5-4-6-15(17)22/h4-6,11H,7-9H2,1-3H3,(H,24,25). The normalized spacial score (nSPS) is 16.7. The number of halogens is 2. The zero-order chi connectivity index (χ0) is 19.1. The van der Waals surface area contributed by atoms with Crippen LogP contribution in [0.25, 0.3) is 0 Å². The van der Waals surface area contributed by atoms with Crippen molar-refractivity contribution in [1.82, 2.24) is 0 Å². The first-order chi connectivity index (χ1) is 12.2. The molecule has 1 atom stereocenters. The number of benzene rings is 1. The summed E-state index contributed by atoms with van der Waals surface area (Å²) in [5.41, 5.74) is 0.911. The van der Waals surface area contributed by atoms with Gasteiger partial charge in [-0.15, -0.1) is 11.3 Å². The van der Waals surface area contributed by atoms with Crippen LogP contribution < -0.4 is 5.32 Å². The first-order valence-electron chi connectivity index (χ1n) is 8.52. The van der Waals surface area contributed by atoms with Gasteiger partial charge in [0, 0.05) is 4.88 Å². The molecule has 0 radical (unpaired) electrons. The number of carbonyl (C=O) groups is 1. The lowest BCUT2D eigenvalue weighted by molar-refractivity contribution is 0.101. The summed E-state index contributed by atoms with van der Waals surface area (Å²) in [6, 6.07) is 5.44. The monoisotopic (exact) mass is 374 g/mol. The second kappa shape index (κ2) is 6.81. The van der Waals surface area contributed by atoms with Crippen molar-refractivity contribution in [2.45, 2.75) is 40.0 Å². The minimum atomic E-state index is -0.921. The first-order valence-corrected chi connectivity index (χ1v) is 9.34. The van der Waals surface area contributed by atoms with Gasteiger partial charge in [-0.05, 0) is 48.3 Å². The molecule has 3 rings (SSSR count). The van der Waals surface area contributed by atoms with E-state index in [0.29, 0.717) is 16.5 Å². The molecular formula is C20H20F2N2OS. The number of nitrogens with one attached hydrogen (secondary N) is 1. The van der Waals surface area contributed by atoms with Crippen molar-refractivity contribution < 1.29 is 13.6 Å². The summed E-state index contributed by atoms with van der Waals surface area (Å²) >= 11 is 1.34. The maximum atomic E-state index is 13.8. The Balaban J connectivity index is 1.92. The molecule has 136 valence electrons. The Morgan fingerprint density at radius 2 is 1.96 bits per heavy atom. The van der Waals surface area contributed by atoms with Crippen LogP contribution in [0.3, 0.4) is 0 Å². The van der Waals surface area contributed by atoms with Crippen molar-refractivity contribution in [2.75, 3.05) is 5.32 Å². The molecule has 1 aliphatic rings. The third kappa shape index (κ3) is 3.36. The molecule has 0 aliphatic heterocycles. The lowest BCUT2D eigenvalue weighted by atomic mass is 9.72. The SMILES string of the molecule is CC(C)(C)C1CCc2c(sc(NC(=O)c3c(F)cccc3F)c2C#N)C1. The van der Waals surface area contributed by atoms with Crippen molar-refractivity contribution in [2.24, 2.45) is 11.3 Å². The lowest BCUT2D eigenvalue weighted by Crippen LogP contribution is -2.26. The van der Waals surface area contributed by atoms with Crippen LogP contribution >= 0.6 is 11.3 Å². The minimum Gasteiger partial charge on any atom is -0.312 e. The van der Waals surface area contributed by atoms with Crippen LogP contribution in [0, 0.1) is 34.3 Å². The van der Waals surface area contributed by atoms with Crippen LogP contribution in [0.4, 0.5) is 13.8 Å². The second-order valence-corrected chi connectivity index (χ2v) is 8.78. The predicted molar refractivity (Wildman–Crippen MR) is 98.3 cm³/mol. The van der Waals surface area contributed by atoms with Crippen molar-refractivity contribution in [3.8, 4) is 6.07 Å². The Morgan fingerprint density at radius 3 is 2.54 bits per heavy atom. The average molecular weight is 374 g/mol. The van der Waals surface area contributed by atoms with Crippen molar-refractivity contribution in [3.63, 3.8) is 0 Å². The fourth-order valence-corrected chi connectivity index (χ4v) is 4.68. The molecular weight excluding hydrogens is 354 g/mol. The number of rotatable bonds is 2. The zero-order valence-corrected chi connectivity index (χ0v) is 15.8. The molecule has 1 N–H and O–H groups in total. The maximum Gasteiger partial charge on any atom is 0.262 e. The molecule has 0 fully saturated rings. The summed E-state index contributed by atoms with van der Waals surface area (Å²) in [6.45, 7) is 6.60. The predicted octanol–water partition coefficient (Wildman–Crippen LogP) is 5.30. The summed E-state index contributed by atoms with van der Waals surface area (Å²) in [5.74, 6) is -2.22. The number of nitrogens with zero attached hydrogens (tertiary/aromatic N) is 1. The minimum absolute atomic E-state index is 0.161. The topological polar surface area (TPSA) is 52.9 Å². The zero-order valence-electron chi connectivity index (χ0n) is 15.0. The maximum absolute atomic E-state index is 13.8. The molecule has 1 aromatic heterocycles. The summed E-state index contributed by atoms with van der Waals surface area (Å²) in [5, 5.41) is 12.5. The summed E-state index contributed by atoms with van der Waals surface area (Å²) in [7, 11) is 0. The molecule has 1 amide bonds. The lowest BCUT2D eigenvalue weighted by Gasteiger charge is -2.33. The molecule has 0 bridgehead atoms. The van der Waals surface area contributed by atoms with Gasteiger partial charge in [-0.25, -0.2) is 8.78 Å². The van der Waals surface area contributed by atoms with Gasteiger partial charge in [0.05, 0.1) is 5.56 Å². The molecule has 1 aliphatic carbocycles. The average Bonchev–Trinajstić information content (AvgIpc) is 2.89. The summed E-state index contributed by atoms with van der Waals surface area (Å²) in [4.78, 5) is 13.4. The van der Waals surface area contributed by atoms with E-state index in [1.165, 1.54) is 17.4 Å². The van der Waals surface area contributed by atoms with Crippen LogP contribution in [0.5, 0.6) is 0 Å². The van der Waals surface area contributed by atoms with E-state index >= 15 is 0 Å². The van der Waals surface area contributed by atoms with Gasteiger partial charge in [0.2, 0.25) is 0 Å². The van der Waals surface area contributed by atoms with Crippen molar-refractivity contribution >= 4 is 22.2 Å². The van der Waals surface area contributed by atoms with Gasteiger partial charge < -0.3 is 5.32 Å². The number of anilines is 1. The van der Waals surface area contributed by atoms with Gasteiger partial charge in [0.25, 0.3) is 5.91 Å². The summed E-state index contributed by atoms with van der Waals surface area (Å²) in [6.07, 6.45) is 2.61. The highest BCUT2D eigenvalue weighted by atomic mass is 32.1. The van der Waals surface area contributed by atoms with E-state index in [-0.39, 0.29) is 5.41 Å². The van der Waals surface area contributed by atoms with E-state index < -0.39 is 23.1 Å². The molecule has 0 saturated carbocycles. The van der Waals surface area contributed by atoms with Gasteiger partial charge in [-0.3, -0.25) is 4.79 Å². The van der Waals surface area contributed by atoms with Gasteiger partial charge in [0.1, 0.15) is 28.3 Å². The molecule has 1 unspecified atom stereocenters.